The maximum Gasteiger partial charge on any atom is 0.208 e. The second kappa shape index (κ2) is 8.53. The van der Waals surface area contributed by atoms with Crippen molar-refractivity contribution < 1.29 is 19.0 Å². The van der Waals surface area contributed by atoms with E-state index in [4.69, 9.17) is 9.47 Å². The van der Waals surface area contributed by atoms with Crippen molar-refractivity contribution in [2.75, 3.05) is 7.11 Å². The molecule has 1 atom stereocenters. The first-order valence-electron chi connectivity index (χ1n) is 8.97. The van der Waals surface area contributed by atoms with Crippen LogP contribution in [0.25, 0.3) is 10.1 Å². The van der Waals surface area contributed by atoms with E-state index in [0.29, 0.717) is 14.9 Å². The van der Waals surface area contributed by atoms with E-state index >= 15 is 4.39 Å². The molecule has 0 spiro atoms. The number of hydrogen-bond donors (Lipinski definition) is 1. The second-order valence-electron chi connectivity index (χ2n) is 6.49. The van der Waals surface area contributed by atoms with Crippen molar-refractivity contribution in [3.63, 3.8) is 0 Å². The van der Waals surface area contributed by atoms with Gasteiger partial charge in [-0.05, 0) is 45.1 Å². The maximum atomic E-state index is 15.2. The van der Waals surface area contributed by atoms with Crippen LogP contribution < -0.4 is 9.47 Å². The molecule has 29 heavy (non-hydrogen) atoms. The van der Waals surface area contributed by atoms with Crippen LogP contribution in [0.5, 0.6) is 11.5 Å². The minimum Gasteiger partial charge on any atom is -0.493 e. The molecule has 0 saturated carbocycles. The van der Waals surface area contributed by atoms with Crippen LogP contribution >= 0.6 is 27.3 Å². The van der Waals surface area contributed by atoms with Crippen molar-refractivity contribution >= 4 is 37.4 Å². The molecule has 0 bridgehead atoms. The SMILES string of the molecule is COc1c(C(O)c2cc3ccccc3s2)cc(Br)c(OCc2ccccc2)c1F. The highest BCUT2D eigenvalue weighted by atomic mass is 79.9. The number of methoxy groups -OCH3 is 1. The van der Waals surface area contributed by atoms with E-state index in [9.17, 15) is 5.11 Å². The Balaban J connectivity index is 1.68. The molecule has 1 unspecified atom stereocenters. The molecule has 6 heteroatoms. The number of hydrogen-bond acceptors (Lipinski definition) is 4. The van der Waals surface area contributed by atoms with Gasteiger partial charge < -0.3 is 14.6 Å². The van der Waals surface area contributed by atoms with E-state index in [0.717, 1.165) is 15.6 Å². The van der Waals surface area contributed by atoms with E-state index in [1.54, 1.807) is 6.07 Å². The van der Waals surface area contributed by atoms with Crippen molar-refractivity contribution in [1.82, 2.24) is 0 Å². The Hall–Kier alpha value is -2.41. The van der Waals surface area contributed by atoms with Gasteiger partial charge in [0.1, 0.15) is 12.7 Å². The highest BCUT2D eigenvalue weighted by Gasteiger charge is 2.25. The number of aliphatic hydroxyl groups is 1. The topological polar surface area (TPSA) is 38.7 Å². The van der Waals surface area contributed by atoms with E-state index in [-0.39, 0.29) is 18.1 Å². The van der Waals surface area contributed by atoms with Crippen LogP contribution in [0.2, 0.25) is 0 Å². The summed E-state index contributed by atoms with van der Waals surface area (Å²) in [6.07, 6.45) is -1.02. The zero-order valence-electron chi connectivity index (χ0n) is 15.6. The first-order valence-corrected chi connectivity index (χ1v) is 10.6. The molecule has 4 aromatic rings. The van der Waals surface area contributed by atoms with Gasteiger partial charge in [0.05, 0.1) is 11.6 Å². The summed E-state index contributed by atoms with van der Waals surface area (Å²) < 4.78 is 27.7. The Labute approximate surface area is 180 Å². The molecular weight excluding hydrogens is 455 g/mol. The lowest BCUT2D eigenvalue weighted by molar-refractivity contribution is 0.214. The summed E-state index contributed by atoms with van der Waals surface area (Å²) in [6, 6.07) is 20.9. The fraction of sp³-hybridized carbons (Fsp3) is 0.130. The molecule has 0 saturated heterocycles. The zero-order valence-corrected chi connectivity index (χ0v) is 18.0. The van der Waals surface area contributed by atoms with Crippen molar-refractivity contribution in [2.24, 2.45) is 0 Å². The first kappa shape index (κ1) is 19.9. The van der Waals surface area contributed by atoms with Gasteiger partial charge in [0, 0.05) is 15.1 Å². The third-order valence-corrected chi connectivity index (χ3v) is 6.36. The summed E-state index contributed by atoms with van der Waals surface area (Å²) in [5, 5.41) is 12.0. The highest BCUT2D eigenvalue weighted by Crippen LogP contribution is 2.43. The van der Waals surface area contributed by atoms with E-state index in [1.165, 1.54) is 18.4 Å². The Bertz CT molecular complexity index is 1110. The van der Waals surface area contributed by atoms with Gasteiger partial charge in [-0.15, -0.1) is 11.3 Å². The number of thiophene rings is 1. The average molecular weight is 473 g/mol. The van der Waals surface area contributed by atoms with Crippen molar-refractivity contribution in [3.05, 3.63) is 93.0 Å². The molecule has 0 fully saturated rings. The molecule has 1 aromatic heterocycles. The predicted octanol–water partition coefficient (Wildman–Crippen LogP) is 6.47. The Kier molecular flexibility index (Phi) is 5.85. The number of halogens is 2. The molecule has 0 aliphatic carbocycles. The van der Waals surface area contributed by atoms with Crippen LogP contribution in [-0.2, 0) is 6.61 Å². The van der Waals surface area contributed by atoms with Gasteiger partial charge in [0.25, 0.3) is 0 Å². The normalized spacial score (nSPS) is 12.1. The third-order valence-electron chi connectivity index (χ3n) is 4.60. The summed E-state index contributed by atoms with van der Waals surface area (Å²) in [5.41, 5.74) is 1.27. The van der Waals surface area contributed by atoms with Crippen LogP contribution in [0.3, 0.4) is 0 Å². The molecule has 1 N–H and O–H groups in total. The summed E-state index contributed by atoms with van der Waals surface area (Å²) in [4.78, 5) is 0.716. The minimum atomic E-state index is -1.02. The Morgan fingerprint density at radius 2 is 1.76 bits per heavy atom. The lowest BCUT2D eigenvalue weighted by Crippen LogP contribution is -2.06. The summed E-state index contributed by atoms with van der Waals surface area (Å²) >= 11 is 4.85. The Morgan fingerprint density at radius 3 is 2.48 bits per heavy atom. The molecular formula is C23H18BrFO3S. The van der Waals surface area contributed by atoms with E-state index in [1.807, 2.05) is 60.7 Å². The van der Waals surface area contributed by atoms with E-state index in [2.05, 4.69) is 15.9 Å². The fourth-order valence-corrected chi connectivity index (χ4v) is 4.77. The Morgan fingerprint density at radius 1 is 1.03 bits per heavy atom. The van der Waals surface area contributed by atoms with E-state index < -0.39 is 11.9 Å². The molecule has 0 aliphatic rings. The van der Waals surface area contributed by atoms with Crippen LogP contribution in [0.1, 0.15) is 22.1 Å². The molecule has 1 heterocycles. The predicted molar refractivity (Wildman–Crippen MR) is 117 cm³/mol. The van der Waals surface area contributed by atoms with Gasteiger partial charge in [0.15, 0.2) is 11.5 Å². The maximum absolute atomic E-state index is 15.2. The minimum absolute atomic E-state index is 0.0267. The summed E-state index contributed by atoms with van der Waals surface area (Å²) in [5.74, 6) is -0.618. The smallest absolute Gasteiger partial charge is 0.208 e. The monoisotopic (exact) mass is 472 g/mol. The van der Waals surface area contributed by atoms with Crippen LogP contribution in [0.4, 0.5) is 4.39 Å². The first-order chi connectivity index (χ1) is 14.1. The van der Waals surface area contributed by atoms with Gasteiger partial charge in [-0.2, -0.15) is 4.39 Å². The van der Waals surface area contributed by atoms with Gasteiger partial charge >= 0.3 is 0 Å². The average Bonchev–Trinajstić information content (AvgIpc) is 3.18. The quantitative estimate of drug-likeness (QED) is 0.349. The van der Waals surface area contributed by atoms with Gasteiger partial charge in [-0.25, -0.2) is 0 Å². The van der Waals surface area contributed by atoms with Crippen molar-refractivity contribution in [2.45, 2.75) is 12.7 Å². The summed E-state index contributed by atoms with van der Waals surface area (Å²) in [7, 11) is 1.38. The van der Waals surface area contributed by atoms with Crippen LogP contribution in [-0.4, -0.2) is 12.2 Å². The lowest BCUT2D eigenvalue weighted by Gasteiger charge is -2.18. The molecule has 3 aromatic carbocycles. The van der Waals surface area contributed by atoms with Crippen molar-refractivity contribution in [3.8, 4) is 11.5 Å². The fourth-order valence-electron chi connectivity index (χ4n) is 3.17. The number of fused-ring (bicyclic) bond motifs is 1. The van der Waals surface area contributed by atoms with Gasteiger partial charge in [0.2, 0.25) is 5.82 Å². The largest absolute Gasteiger partial charge is 0.493 e. The number of aliphatic hydroxyl groups excluding tert-OH is 1. The van der Waals surface area contributed by atoms with Crippen LogP contribution in [0.15, 0.2) is 71.2 Å². The molecule has 3 nitrogen and oxygen atoms in total. The summed E-state index contributed by atoms with van der Waals surface area (Å²) in [6.45, 7) is 0.220. The highest BCUT2D eigenvalue weighted by molar-refractivity contribution is 9.10. The number of rotatable bonds is 6. The zero-order chi connectivity index (χ0) is 20.4. The lowest BCUT2D eigenvalue weighted by atomic mass is 10.1. The molecule has 0 radical (unpaired) electrons. The van der Waals surface area contributed by atoms with Gasteiger partial charge in [-0.3, -0.25) is 0 Å². The second-order valence-corrected chi connectivity index (χ2v) is 8.46. The number of benzene rings is 3. The van der Waals surface area contributed by atoms with Crippen molar-refractivity contribution in [1.29, 1.82) is 0 Å². The molecule has 4 rings (SSSR count). The van der Waals surface area contributed by atoms with Gasteiger partial charge in [-0.1, -0.05) is 48.5 Å². The standard InChI is InChI=1S/C23H18BrFO3S/c1-27-22-16(21(26)19-11-15-9-5-6-10-18(15)29-19)12-17(24)23(20(22)25)28-13-14-7-3-2-4-8-14/h2-12,21,26H,13H2,1H3. The third kappa shape index (κ3) is 4.01. The number of ether oxygens (including phenoxy) is 2. The van der Waals surface area contributed by atoms with Crippen LogP contribution in [0, 0.1) is 5.82 Å². The molecule has 0 aliphatic heterocycles. The molecule has 148 valence electrons. The molecule has 0 amide bonds.